The second kappa shape index (κ2) is 5.57. The van der Waals surface area contributed by atoms with Crippen molar-refractivity contribution < 1.29 is 9.13 Å². The largest absolute Gasteiger partial charge is 0.387 e. The maximum absolute atomic E-state index is 13.8. The van der Waals surface area contributed by atoms with E-state index in [9.17, 15) is 4.39 Å². The summed E-state index contributed by atoms with van der Waals surface area (Å²) >= 11 is 0. The van der Waals surface area contributed by atoms with Crippen LogP contribution in [-0.4, -0.2) is 4.98 Å². The maximum atomic E-state index is 13.8. The summed E-state index contributed by atoms with van der Waals surface area (Å²) in [6.45, 7) is 3.81. The second-order valence-corrected chi connectivity index (χ2v) is 4.69. The minimum atomic E-state index is -0.385. The zero-order valence-electron chi connectivity index (χ0n) is 11.2. The summed E-state index contributed by atoms with van der Waals surface area (Å²) in [6, 6.07) is 6.02. The van der Waals surface area contributed by atoms with Gasteiger partial charge >= 0.3 is 0 Å². The van der Waals surface area contributed by atoms with E-state index in [0.29, 0.717) is 28.3 Å². The van der Waals surface area contributed by atoms with Crippen molar-refractivity contribution in [1.82, 2.24) is 4.98 Å². The molecule has 102 valence electrons. The summed E-state index contributed by atoms with van der Waals surface area (Å²) in [5.74, 6) is 0.312. The topological polar surface area (TPSA) is 71.9 Å². The maximum Gasteiger partial charge on any atom is 0.292 e. The van der Waals surface area contributed by atoms with Gasteiger partial charge in [-0.25, -0.2) is 9.37 Å². The predicted molar refractivity (Wildman–Crippen MR) is 74.4 cm³/mol. The fraction of sp³-hybridized carbons (Fsp3) is 0.200. The summed E-state index contributed by atoms with van der Waals surface area (Å²) in [4.78, 5) is 3.90. The van der Waals surface area contributed by atoms with E-state index in [4.69, 9.17) is 15.7 Å². The molecule has 20 heavy (non-hydrogen) atoms. The number of hydrogen-bond donors (Lipinski definition) is 1. The molecule has 2 N–H and O–H groups in total. The molecule has 0 saturated heterocycles. The van der Waals surface area contributed by atoms with Crippen molar-refractivity contribution in [2.75, 3.05) is 5.73 Å². The highest BCUT2D eigenvalue weighted by molar-refractivity contribution is 5.74. The van der Waals surface area contributed by atoms with Gasteiger partial charge in [0.25, 0.3) is 6.26 Å². The predicted octanol–water partition coefficient (Wildman–Crippen LogP) is 3.45. The van der Waals surface area contributed by atoms with Gasteiger partial charge in [-0.1, -0.05) is 13.8 Å². The number of ether oxygens (including phenoxy) is 1. The molecular formula is C15H14FN3O. The molecule has 4 nitrogen and oxygen atoms in total. The normalized spacial score (nSPS) is 10.3. The number of aromatic nitrogens is 1. The van der Waals surface area contributed by atoms with Gasteiger partial charge in [-0.3, -0.25) is 0 Å². The van der Waals surface area contributed by atoms with E-state index >= 15 is 0 Å². The van der Waals surface area contributed by atoms with E-state index in [1.807, 2.05) is 13.8 Å². The Labute approximate surface area is 116 Å². The molecule has 0 unspecified atom stereocenters. The SMILES string of the molecule is CC(C)c1cc(F)cc(-c2ccnc(N)c2)c1OC#N. The number of nitrogen functional groups attached to an aromatic ring is 1. The van der Waals surface area contributed by atoms with Crippen molar-refractivity contribution in [2.24, 2.45) is 0 Å². The van der Waals surface area contributed by atoms with E-state index < -0.39 is 0 Å². The Bertz CT molecular complexity index is 677. The second-order valence-electron chi connectivity index (χ2n) is 4.69. The van der Waals surface area contributed by atoms with Crippen molar-refractivity contribution in [3.8, 4) is 23.1 Å². The van der Waals surface area contributed by atoms with Gasteiger partial charge in [-0.2, -0.15) is 0 Å². The van der Waals surface area contributed by atoms with Crippen molar-refractivity contribution in [3.05, 3.63) is 41.8 Å². The third-order valence-electron chi connectivity index (χ3n) is 2.94. The summed E-state index contributed by atoms with van der Waals surface area (Å²) in [5.41, 5.74) is 7.43. The number of anilines is 1. The Hall–Kier alpha value is -2.61. The highest BCUT2D eigenvalue weighted by Gasteiger charge is 2.17. The molecule has 1 aromatic heterocycles. The van der Waals surface area contributed by atoms with Crippen molar-refractivity contribution in [3.63, 3.8) is 0 Å². The molecule has 0 aliphatic carbocycles. The third kappa shape index (κ3) is 2.69. The van der Waals surface area contributed by atoms with Gasteiger partial charge in [0.05, 0.1) is 0 Å². The number of pyridine rings is 1. The highest BCUT2D eigenvalue weighted by Crippen LogP contribution is 2.38. The van der Waals surface area contributed by atoms with E-state index in [2.05, 4.69) is 4.98 Å². The number of nitrogens with two attached hydrogens (primary N) is 1. The molecule has 2 rings (SSSR count). The third-order valence-corrected chi connectivity index (χ3v) is 2.94. The first kappa shape index (κ1) is 13.8. The first-order valence-corrected chi connectivity index (χ1v) is 6.14. The fourth-order valence-electron chi connectivity index (χ4n) is 2.03. The molecule has 0 aliphatic heterocycles. The quantitative estimate of drug-likeness (QED) is 0.868. The van der Waals surface area contributed by atoms with Gasteiger partial charge in [-0.15, -0.1) is 5.26 Å². The average molecular weight is 271 g/mol. The van der Waals surface area contributed by atoms with Crippen LogP contribution in [0.5, 0.6) is 5.75 Å². The first-order valence-electron chi connectivity index (χ1n) is 6.14. The lowest BCUT2D eigenvalue weighted by Crippen LogP contribution is -1.99. The fourth-order valence-corrected chi connectivity index (χ4v) is 2.03. The smallest absolute Gasteiger partial charge is 0.292 e. The van der Waals surface area contributed by atoms with Crippen LogP contribution in [0.15, 0.2) is 30.5 Å². The minimum Gasteiger partial charge on any atom is -0.387 e. The van der Waals surface area contributed by atoms with Crippen LogP contribution in [0.25, 0.3) is 11.1 Å². The van der Waals surface area contributed by atoms with Crippen LogP contribution < -0.4 is 10.5 Å². The Morgan fingerprint density at radius 1 is 1.35 bits per heavy atom. The standard InChI is InChI=1S/C15H14FN3O/c1-9(2)12-6-11(16)7-13(15(12)20-8-17)10-3-4-19-14(18)5-10/h3-7,9H,1-2H3,(H2,18,19). The van der Waals surface area contributed by atoms with Gasteiger partial charge < -0.3 is 10.5 Å². The van der Waals surface area contributed by atoms with Crippen LogP contribution >= 0.6 is 0 Å². The molecule has 0 saturated carbocycles. The Balaban J connectivity index is 2.71. The lowest BCUT2D eigenvalue weighted by Gasteiger charge is -2.15. The molecular weight excluding hydrogens is 257 g/mol. The highest BCUT2D eigenvalue weighted by atomic mass is 19.1. The Morgan fingerprint density at radius 2 is 2.10 bits per heavy atom. The number of nitrogens with zero attached hydrogens (tertiary/aromatic N) is 2. The van der Waals surface area contributed by atoms with Gasteiger partial charge in [0.2, 0.25) is 0 Å². The van der Waals surface area contributed by atoms with Crippen molar-refractivity contribution in [1.29, 1.82) is 5.26 Å². The van der Waals surface area contributed by atoms with Crippen LogP contribution in [0.1, 0.15) is 25.3 Å². The molecule has 0 radical (unpaired) electrons. The molecule has 0 fully saturated rings. The minimum absolute atomic E-state index is 0.0204. The summed E-state index contributed by atoms with van der Waals surface area (Å²) in [7, 11) is 0. The number of halogens is 1. The van der Waals surface area contributed by atoms with Crippen LogP contribution in [0.3, 0.4) is 0 Å². The van der Waals surface area contributed by atoms with Crippen LogP contribution in [0.4, 0.5) is 10.2 Å². The lowest BCUT2D eigenvalue weighted by atomic mass is 9.95. The van der Waals surface area contributed by atoms with E-state index in [-0.39, 0.29) is 11.7 Å². The van der Waals surface area contributed by atoms with Gasteiger partial charge in [-0.05, 0) is 35.7 Å². The Morgan fingerprint density at radius 3 is 2.70 bits per heavy atom. The molecule has 0 spiro atoms. The van der Waals surface area contributed by atoms with Crippen LogP contribution in [0.2, 0.25) is 0 Å². The van der Waals surface area contributed by atoms with E-state index in [1.165, 1.54) is 18.3 Å². The van der Waals surface area contributed by atoms with Gasteiger partial charge in [0.15, 0.2) is 5.75 Å². The molecule has 5 heteroatoms. The summed E-state index contributed by atoms with van der Waals surface area (Å²) < 4.78 is 18.9. The number of hydrogen-bond acceptors (Lipinski definition) is 4. The molecule has 2 aromatic rings. The molecule has 0 atom stereocenters. The van der Waals surface area contributed by atoms with Crippen LogP contribution in [-0.2, 0) is 0 Å². The number of rotatable bonds is 3. The average Bonchev–Trinajstić information content (AvgIpc) is 2.40. The number of nitriles is 1. The monoisotopic (exact) mass is 271 g/mol. The number of benzene rings is 1. The van der Waals surface area contributed by atoms with Crippen molar-refractivity contribution in [2.45, 2.75) is 19.8 Å². The Kier molecular flexibility index (Phi) is 3.85. The summed E-state index contributed by atoms with van der Waals surface area (Å²) in [6.07, 6.45) is 3.18. The molecule has 0 aliphatic rings. The zero-order valence-corrected chi connectivity index (χ0v) is 11.2. The molecule has 1 heterocycles. The van der Waals surface area contributed by atoms with Crippen molar-refractivity contribution >= 4 is 5.82 Å². The van der Waals surface area contributed by atoms with Gasteiger partial charge in [0, 0.05) is 17.3 Å². The van der Waals surface area contributed by atoms with Crippen LogP contribution in [0, 0.1) is 17.3 Å². The zero-order chi connectivity index (χ0) is 14.7. The first-order chi connectivity index (χ1) is 9.52. The van der Waals surface area contributed by atoms with Gasteiger partial charge in [0.1, 0.15) is 11.6 Å². The molecule has 1 aromatic carbocycles. The molecule has 0 bridgehead atoms. The van der Waals surface area contributed by atoms with E-state index in [1.54, 1.807) is 18.4 Å². The van der Waals surface area contributed by atoms with E-state index in [0.717, 1.165) is 0 Å². The summed E-state index contributed by atoms with van der Waals surface area (Å²) in [5, 5.41) is 8.82. The lowest BCUT2D eigenvalue weighted by molar-refractivity contribution is 0.495. The molecule has 0 amide bonds.